The predicted molar refractivity (Wildman–Crippen MR) is 105 cm³/mol. The van der Waals surface area contributed by atoms with E-state index in [1.54, 1.807) is 36.4 Å². The lowest BCUT2D eigenvalue weighted by Gasteiger charge is -2.21. The number of amides is 2. The van der Waals surface area contributed by atoms with Crippen molar-refractivity contribution in [3.63, 3.8) is 0 Å². The molecule has 7 nitrogen and oxygen atoms in total. The summed E-state index contributed by atoms with van der Waals surface area (Å²) in [6.45, 7) is 2.46. The molecule has 0 spiro atoms. The van der Waals surface area contributed by atoms with Crippen molar-refractivity contribution in [2.24, 2.45) is 0 Å². The minimum Gasteiger partial charge on any atom is -0.495 e. The Kier molecular flexibility index (Phi) is 5.61. The number of H-pyrrole nitrogens is 1. The molecule has 1 aromatic heterocycles. The van der Waals surface area contributed by atoms with Crippen LogP contribution in [0.4, 0.5) is 10.5 Å². The zero-order valence-corrected chi connectivity index (χ0v) is 15.7. The summed E-state index contributed by atoms with van der Waals surface area (Å²) < 4.78 is 5.10. The van der Waals surface area contributed by atoms with Crippen molar-refractivity contribution in [3.8, 4) is 5.75 Å². The second-order valence-corrected chi connectivity index (χ2v) is 6.23. The SMILES string of the molecule is CCN(Cc1nc2ccccc2c(=O)[nH]1)C(=O)Nc1ccc(OC)c(Cl)c1. The lowest BCUT2D eigenvalue weighted by molar-refractivity contribution is 0.211. The average Bonchev–Trinajstić information content (AvgIpc) is 2.66. The fourth-order valence-corrected chi connectivity index (χ4v) is 2.92. The lowest BCUT2D eigenvalue weighted by Crippen LogP contribution is -2.35. The zero-order valence-electron chi connectivity index (χ0n) is 15.0. The molecular formula is C19H19ClN4O3. The quantitative estimate of drug-likeness (QED) is 0.700. The van der Waals surface area contributed by atoms with E-state index in [9.17, 15) is 9.59 Å². The number of anilines is 1. The third-order valence-corrected chi connectivity index (χ3v) is 4.37. The normalized spacial score (nSPS) is 10.6. The molecule has 0 radical (unpaired) electrons. The Morgan fingerprint density at radius 3 is 2.78 bits per heavy atom. The van der Waals surface area contributed by atoms with Crippen LogP contribution < -0.4 is 15.6 Å². The maximum atomic E-state index is 12.6. The minimum absolute atomic E-state index is 0.173. The molecule has 0 bridgehead atoms. The van der Waals surface area contributed by atoms with Crippen molar-refractivity contribution in [1.82, 2.24) is 14.9 Å². The van der Waals surface area contributed by atoms with Crippen LogP contribution in [0.3, 0.4) is 0 Å². The Bertz CT molecular complexity index is 1030. The molecule has 0 aliphatic rings. The Morgan fingerprint density at radius 2 is 2.07 bits per heavy atom. The first kappa shape index (κ1) is 18.7. The van der Waals surface area contributed by atoms with Gasteiger partial charge in [-0.2, -0.15) is 0 Å². The van der Waals surface area contributed by atoms with Gasteiger partial charge in [0, 0.05) is 12.2 Å². The molecule has 2 N–H and O–H groups in total. The Morgan fingerprint density at radius 1 is 1.30 bits per heavy atom. The molecule has 2 amide bonds. The van der Waals surface area contributed by atoms with E-state index in [1.807, 2.05) is 13.0 Å². The van der Waals surface area contributed by atoms with Crippen molar-refractivity contribution < 1.29 is 9.53 Å². The molecule has 3 aromatic rings. The van der Waals surface area contributed by atoms with Crippen LogP contribution in [0.25, 0.3) is 10.9 Å². The van der Waals surface area contributed by atoms with Gasteiger partial charge in [0.15, 0.2) is 0 Å². The molecule has 0 saturated heterocycles. The molecule has 3 rings (SSSR count). The molecule has 140 valence electrons. The number of rotatable bonds is 5. The number of nitrogens with one attached hydrogen (secondary N) is 2. The van der Waals surface area contributed by atoms with Gasteiger partial charge in [0.25, 0.3) is 5.56 Å². The first-order chi connectivity index (χ1) is 13.0. The lowest BCUT2D eigenvalue weighted by atomic mass is 10.2. The van der Waals surface area contributed by atoms with Gasteiger partial charge < -0.3 is 19.9 Å². The van der Waals surface area contributed by atoms with Crippen LogP contribution in [-0.2, 0) is 6.54 Å². The number of nitrogens with zero attached hydrogens (tertiary/aromatic N) is 2. The molecular weight excluding hydrogens is 368 g/mol. The highest BCUT2D eigenvalue weighted by Crippen LogP contribution is 2.27. The maximum absolute atomic E-state index is 12.6. The molecule has 2 aromatic carbocycles. The number of carbonyl (C=O) groups is 1. The summed E-state index contributed by atoms with van der Waals surface area (Å²) in [5.41, 5.74) is 0.910. The fraction of sp³-hybridized carbons (Fsp3) is 0.211. The van der Waals surface area contributed by atoms with E-state index < -0.39 is 0 Å². The summed E-state index contributed by atoms with van der Waals surface area (Å²) in [4.78, 5) is 33.5. The summed E-state index contributed by atoms with van der Waals surface area (Å²) in [6.07, 6.45) is 0. The van der Waals surface area contributed by atoms with Gasteiger partial charge in [-0.1, -0.05) is 23.7 Å². The monoisotopic (exact) mass is 386 g/mol. The number of methoxy groups -OCH3 is 1. The zero-order chi connectivity index (χ0) is 19.4. The summed E-state index contributed by atoms with van der Waals surface area (Å²) in [5.74, 6) is 0.948. The van der Waals surface area contributed by atoms with Crippen LogP contribution in [0, 0.1) is 0 Å². The fourth-order valence-electron chi connectivity index (χ4n) is 2.66. The summed E-state index contributed by atoms with van der Waals surface area (Å²) in [7, 11) is 1.52. The van der Waals surface area contributed by atoms with Gasteiger partial charge in [0.05, 0.1) is 29.6 Å². The predicted octanol–water partition coefficient (Wildman–Crippen LogP) is 3.64. The van der Waals surface area contributed by atoms with E-state index in [0.29, 0.717) is 39.7 Å². The van der Waals surface area contributed by atoms with Gasteiger partial charge in [-0.3, -0.25) is 4.79 Å². The molecule has 0 saturated carbocycles. The molecule has 8 heteroatoms. The van der Waals surface area contributed by atoms with Crippen molar-refractivity contribution in [1.29, 1.82) is 0 Å². The van der Waals surface area contributed by atoms with Gasteiger partial charge in [0.1, 0.15) is 11.6 Å². The second-order valence-electron chi connectivity index (χ2n) is 5.82. The highest BCUT2D eigenvalue weighted by atomic mass is 35.5. The van der Waals surface area contributed by atoms with E-state index >= 15 is 0 Å². The molecule has 0 unspecified atom stereocenters. The summed E-state index contributed by atoms with van der Waals surface area (Å²) in [5, 5.41) is 3.70. The van der Waals surface area contributed by atoms with Crippen LogP contribution in [0.5, 0.6) is 5.75 Å². The topological polar surface area (TPSA) is 87.3 Å². The number of carbonyl (C=O) groups excluding carboxylic acids is 1. The van der Waals surface area contributed by atoms with E-state index in [0.717, 1.165) is 0 Å². The van der Waals surface area contributed by atoms with Gasteiger partial charge in [-0.25, -0.2) is 9.78 Å². The number of ether oxygens (including phenoxy) is 1. The summed E-state index contributed by atoms with van der Waals surface area (Å²) >= 11 is 6.09. The number of benzene rings is 2. The summed E-state index contributed by atoms with van der Waals surface area (Å²) in [6, 6.07) is 11.7. The Labute approximate surface area is 160 Å². The highest BCUT2D eigenvalue weighted by Gasteiger charge is 2.15. The van der Waals surface area contributed by atoms with Crippen molar-refractivity contribution in [2.75, 3.05) is 19.0 Å². The van der Waals surface area contributed by atoms with Crippen LogP contribution in [0.15, 0.2) is 47.3 Å². The Hall–Kier alpha value is -3.06. The molecule has 0 atom stereocenters. The number of hydrogen-bond acceptors (Lipinski definition) is 4. The van der Waals surface area contributed by atoms with Crippen molar-refractivity contribution in [2.45, 2.75) is 13.5 Å². The van der Waals surface area contributed by atoms with E-state index in [2.05, 4.69) is 15.3 Å². The number of aromatic amines is 1. The van der Waals surface area contributed by atoms with Crippen LogP contribution in [-0.4, -0.2) is 34.6 Å². The largest absolute Gasteiger partial charge is 0.495 e. The van der Waals surface area contributed by atoms with Crippen molar-refractivity contribution in [3.05, 3.63) is 63.7 Å². The third kappa shape index (κ3) is 4.20. The third-order valence-electron chi connectivity index (χ3n) is 4.07. The van der Waals surface area contributed by atoms with Gasteiger partial charge in [-0.15, -0.1) is 0 Å². The van der Waals surface area contributed by atoms with Gasteiger partial charge >= 0.3 is 6.03 Å². The van der Waals surface area contributed by atoms with Gasteiger partial charge in [-0.05, 0) is 37.3 Å². The minimum atomic E-state index is -0.324. The van der Waals surface area contributed by atoms with Crippen LogP contribution in [0.1, 0.15) is 12.7 Å². The molecule has 0 fully saturated rings. The second kappa shape index (κ2) is 8.09. The molecule has 0 aliphatic heterocycles. The molecule has 0 aliphatic carbocycles. The average molecular weight is 387 g/mol. The number of halogens is 1. The first-order valence-electron chi connectivity index (χ1n) is 8.39. The van der Waals surface area contributed by atoms with Gasteiger partial charge in [0.2, 0.25) is 0 Å². The van der Waals surface area contributed by atoms with E-state index in [-0.39, 0.29) is 18.1 Å². The van der Waals surface area contributed by atoms with E-state index in [1.165, 1.54) is 12.0 Å². The maximum Gasteiger partial charge on any atom is 0.322 e. The Balaban J connectivity index is 1.78. The van der Waals surface area contributed by atoms with Crippen LogP contribution in [0.2, 0.25) is 5.02 Å². The van der Waals surface area contributed by atoms with Crippen molar-refractivity contribution >= 4 is 34.2 Å². The smallest absolute Gasteiger partial charge is 0.322 e. The highest BCUT2D eigenvalue weighted by molar-refractivity contribution is 6.32. The number of fused-ring (bicyclic) bond motifs is 1. The number of hydrogen-bond donors (Lipinski definition) is 2. The standard InChI is InChI=1S/C19H19ClN4O3/c1-3-24(19(26)21-12-8-9-16(27-2)14(20)10-12)11-17-22-15-7-5-4-6-13(15)18(25)23-17/h4-10H,3,11H2,1-2H3,(H,21,26)(H,22,23,25). The first-order valence-corrected chi connectivity index (χ1v) is 8.77. The van der Waals surface area contributed by atoms with Crippen LogP contribution >= 0.6 is 11.6 Å². The number of aromatic nitrogens is 2. The molecule has 1 heterocycles. The number of para-hydroxylation sites is 1. The number of urea groups is 1. The van der Waals surface area contributed by atoms with E-state index in [4.69, 9.17) is 16.3 Å². The molecule has 27 heavy (non-hydrogen) atoms.